The van der Waals surface area contributed by atoms with Crippen LogP contribution in [0.3, 0.4) is 0 Å². The van der Waals surface area contributed by atoms with Gasteiger partial charge in [0.15, 0.2) is 0 Å². The van der Waals surface area contributed by atoms with Gasteiger partial charge in [-0.05, 0) is 42.9 Å². The van der Waals surface area contributed by atoms with Crippen molar-refractivity contribution in [2.24, 2.45) is 17.3 Å². The molecule has 1 N–H and O–H groups in total. The van der Waals surface area contributed by atoms with E-state index in [0.29, 0.717) is 24.9 Å². The highest BCUT2D eigenvalue weighted by Gasteiger charge is 2.26. The fraction of sp³-hybridized carbons (Fsp3) is 0.938. The molecule has 0 aromatic heterocycles. The summed E-state index contributed by atoms with van der Waals surface area (Å²) in [6.07, 6.45) is 5.11. The Labute approximate surface area is 117 Å². The van der Waals surface area contributed by atoms with E-state index in [0.717, 1.165) is 32.1 Å². The van der Waals surface area contributed by atoms with E-state index in [4.69, 9.17) is 4.74 Å². The molecule has 1 rings (SSSR count). The molecule has 2 atom stereocenters. The van der Waals surface area contributed by atoms with E-state index in [1.54, 1.807) is 0 Å². The maximum absolute atomic E-state index is 11.9. The SMILES string of the molecule is CC(C)CC(C)(C)CC(=O)OCC1CCCC(O)C1. The molecule has 1 saturated carbocycles. The fourth-order valence-electron chi connectivity index (χ4n) is 3.24. The number of esters is 1. The molecule has 0 heterocycles. The summed E-state index contributed by atoms with van der Waals surface area (Å²) in [7, 11) is 0. The molecular weight excluding hydrogens is 240 g/mol. The van der Waals surface area contributed by atoms with Gasteiger partial charge in [0, 0.05) is 0 Å². The summed E-state index contributed by atoms with van der Waals surface area (Å²) >= 11 is 0. The molecule has 19 heavy (non-hydrogen) atoms. The minimum absolute atomic E-state index is 0.0112. The molecule has 112 valence electrons. The lowest BCUT2D eigenvalue weighted by Gasteiger charge is -2.27. The van der Waals surface area contributed by atoms with Crippen LogP contribution in [0.25, 0.3) is 0 Å². The van der Waals surface area contributed by atoms with Crippen molar-refractivity contribution in [1.29, 1.82) is 0 Å². The number of hydrogen-bond donors (Lipinski definition) is 1. The van der Waals surface area contributed by atoms with Gasteiger partial charge in [0.25, 0.3) is 0 Å². The van der Waals surface area contributed by atoms with Gasteiger partial charge in [0.1, 0.15) is 0 Å². The van der Waals surface area contributed by atoms with Crippen molar-refractivity contribution in [3.63, 3.8) is 0 Å². The smallest absolute Gasteiger partial charge is 0.306 e. The second kappa shape index (κ2) is 7.28. The Balaban J connectivity index is 2.27. The van der Waals surface area contributed by atoms with Crippen LogP contribution in [0.15, 0.2) is 0 Å². The lowest BCUT2D eigenvalue weighted by Crippen LogP contribution is -2.26. The molecule has 0 spiro atoms. The molecule has 3 heteroatoms. The Kier molecular flexibility index (Phi) is 6.31. The monoisotopic (exact) mass is 270 g/mol. The van der Waals surface area contributed by atoms with Gasteiger partial charge in [-0.25, -0.2) is 0 Å². The van der Waals surface area contributed by atoms with E-state index in [-0.39, 0.29) is 17.5 Å². The summed E-state index contributed by atoms with van der Waals surface area (Å²) in [5.74, 6) is 0.850. The van der Waals surface area contributed by atoms with Gasteiger partial charge in [-0.2, -0.15) is 0 Å². The van der Waals surface area contributed by atoms with Crippen LogP contribution in [0, 0.1) is 17.3 Å². The molecule has 0 radical (unpaired) electrons. The van der Waals surface area contributed by atoms with Gasteiger partial charge in [0.05, 0.1) is 19.1 Å². The quantitative estimate of drug-likeness (QED) is 0.751. The molecule has 0 amide bonds. The first kappa shape index (κ1) is 16.5. The molecule has 3 nitrogen and oxygen atoms in total. The zero-order valence-corrected chi connectivity index (χ0v) is 12.9. The number of ether oxygens (including phenoxy) is 1. The third kappa shape index (κ3) is 6.95. The molecule has 0 aliphatic heterocycles. The van der Waals surface area contributed by atoms with E-state index < -0.39 is 0 Å². The van der Waals surface area contributed by atoms with Gasteiger partial charge < -0.3 is 9.84 Å². The predicted molar refractivity (Wildman–Crippen MR) is 76.8 cm³/mol. The summed E-state index contributed by atoms with van der Waals surface area (Å²) in [4.78, 5) is 11.9. The van der Waals surface area contributed by atoms with Crippen molar-refractivity contribution in [3.05, 3.63) is 0 Å². The molecule has 1 aliphatic rings. The van der Waals surface area contributed by atoms with Crippen LogP contribution < -0.4 is 0 Å². The highest BCUT2D eigenvalue weighted by atomic mass is 16.5. The van der Waals surface area contributed by atoms with Gasteiger partial charge >= 0.3 is 5.97 Å². The topological polar surface area (TPSA) is 46.5 Å². The number of aliphatic hydroxyl groups excluding tert-OH is 1. The van der Waals surface area contributed by atoms with Gasteiger partial charge in [-0.1, -0.05) is 34.1 Å². The number of carbonyl (C=O) groups excluding carboxylic acids is 1. The first-order chi connectivity index (χ1) is 8.78. The van der Waals surface area contributed by atoms with Crippen molar-refractivity contribution in [3.8, 4) is 0 Å². The third-order valence-corrected chi connectivity index (χ3v) is 3.82. The van der Waals surface area contributed by atoms with E-state index >= 15 is 0 Å². The number of aliphatic hydroxyl groups is 1. The van der Waals surface area contributed by atoms with Crippen LogP contribution in [0.4, 0.5) is 0 Å². The van der Waals surface area contributed by atoms with Crippen molar-refractivity contribution >= 4 is 5.97 Å². The van der Waals surface area contributed by atoms with E-state index in [1.807, 2.05) is 0 Å². The molecule has 2 unspecified atom stereocenters. The van der Waals surface area contributed by atoms with Crippen LogP contribution in [-0.4, -0.2) is 23.8 Å². The van der Waals surface area contributed by atoms with Crippen molar-refractivity contribution in [1.82, 2.24) is 0 Å². The molecule has 0 aromatic rings. The van der Waals surface area contributed by atoms with Crippen LogP contribution in [0.2, 0.25) is 0 Å². The highest BCUT2D eigenvalue weighted by molar-refractivity contribution is 5.70. The summed E-state index contributed by atoms with van der Waals surface area (Å²) < 4.78 is 5.40. The summed E-state index contributed by atoms with van der Waals surface area (Å²) in [6, 6.07) is 0. The molecule has 0 bridgehead atoms. The van der Waals surface area contributed by atoms with Crippen molar-refractivity contribution in [2.45, 2.75) is 72.3 Å². The number of hydrogen-bond acceptors (Lipinski definition) is 3. The maximum Gasteiger partial charge on any atom is 0.306 e. The van der Waals surface area contributed by atoms with Crippen LogP contribution in [0.1, 0.15) is 66.2 Å². The summed E-state index contributed by atoms with van der Waals surface area (Å²) in [5, 5.41) is 9.59. The Bertz CT molecular complexity index is 284. The Morgan fingerprint density at radius 3 is 2.63 bits per heavy atom. The van der Waals surface area contributed by atoms with Crippen molar-refractivity contribution in [2.75, 3.05) is 6.61 Å². The van der Waals surface area contributed by atoms with E-state index in [1.165, 1.54) is 0 Å². The second-order valence-electron chi connectivity index (χ2n) is 7.31. The number of carbonyl (C=O) groups is 1. The zero-order valence-electron chi connectivity index (χ0n) is 12.9. The molecule has 0 aromatic carbocycles. The van der Waals surface area contributed by atoms with Crippen LogP contribution in [0.5, 0.6) is 0 Å². The highest BCUT2D eigenvalue weighted by Crippen LogP contribution is 2.30. The van der Waals surface area contributed by atoms with Crippen LogP contribution >= 0.6 is 0 Å². The first-order valence-corrected chi connectivity index (χ1v) is 7.62. The standard InChI is InChI=1S/C16H30O3/c1-12(2)9-16(3,4)10-15(18)19-11-13-6-5-7-14(17)8-13/h12-14,17H,5-11H2,1-4H3. The normalized spacial score (nSPS) is 24.5. The molecule has 0 saturated heterocycles. The zero-order chi connectivity index (χ0) is 14.5. The molecular formula is C16H30O3. The Hall–Kier alpha value is -0.570. The molecule has 1 fully saturated rings. The minimum Gasteiger partial charge on any atom is -0.465 e. The average Bonchev–Trinajstić information content (AvgIpc) is 2.24. The largest absolute Gasteiger partial charge is 0.465 e. The Morgan fingerprint density at radius 1 is 1.37 bits per heavy atom. The summed E-state index contributed by atoms with van der Waals surface area (Å²) in [5.41, 5.74) is 0.0112. The first-order valence-electron chi connectivity index (χ1n) is 7.62. The average molecular weight is 270 g/mol. The van der Waals surface area contributed by atoms with Gasteiger partial charge in [-0.15, -0.1) is 0 Å². The summed E-state index contributed by atoms with van der Waals surface area (Å²) in [6.45, 7) is 9.08. The number of rotatable bonds is 6. The van der Waals surface area contributed by atoms with Crippen molar-refractivity contribution < 1.29 is 14.6 Å². The second-order valence-corrected chi connectivity index (χ2v) is 7.31. The minimum atomic E-state index is -0.199. The molecule has 1 aliphatic carbocycles. The Morgan fingerprint density at radius 2 is 2.05 bits per heavy atom. The van der Waals surface area contributed by atoms with Crippen LogP contribution in [-0.2, 0) is 9.53 Å². The third-order valence-electron chi connectivity index (χ3n) is 3.82. The van der Waals surface area contributed by atoms with E-state index in [2.05, 4.69) is 27.7 Å². The van der Waals surface area contributed by atoms with Gasteiger partial charge in [-0.3, -0.25) is 4.79 Å². The predicted octanol–water partition coefficient (Wildman–Crippen LogP) is 3.54. The lowest BCUT2D eigenvalue weighted by molar-refractivity contribution is -0.148. The van der Waals surface area contributed by atoms with Gasteiger partial charge in [0.2, 0.25) is 0 Å². The fourth-order valence-corrected chi connectivity index (χ4v) is 3.24. The lowest BCUT2D eigenvalue weighted by atomic mass is 9.81. The maximum atomic E-state index is 11.9. The van der Waals surface area contributed by atoms with E-state index in [9.17, 15) is 9.90 Å².